The number of fused-ring (bicyclic) bond motifs is 32. The molecule has 0 fully saturated rings. The highest BCUT2D eigenvalue weighted by atomic mass is 32.1. The first-order valence-electron chi connectivity index (χ1n) is 45.9. The van der Waals surface area contributed by atoms with E-state index in [1.807, 2.05) is 34.0 Å². The van der Waals surface area contributed by atoms with E-state index in [4.69, 9.17) is 0 Å². The van der Waals surface area contributed by atoms with E-state index in [0.29, 0.717) is 0 Å². The lowest BCUT2D eigenvalue weighted by Crippen LogP contribution is -1.95. The molecule has 0 atom stereocenters. The van der Waals surface area contributed by atoms with Crippen molar-refractivity contribution in [2.24, 2.45) is 0 Å². The van der Waals surface area contributed by atoms with Gasteiger partial charge in [0.05, 0.1) is 52.9 Å². The average molecular weight is 1760 g/mol. The van der Waals surface area contributed by atoms with Crippen molar-refractivity contribution in [3.63, 3.8) is 0 Å². The number of nitrogens with zero attached hydrogens (tertiary/aromatic N) is 3. The molecule has 0 radical (unpaired) electrons. The number of hydrogen-bond acceptors (Lipinski definition) is 3. The van der Waals surface area contributed by atoms with E-state index in [9.17, 15) is 0 Å². The minimum atomic E-state index is 1.18. The highest BCUT2D eigenvalue weighted by Crippen LogP contribution is 2.55. The monoisotopic (exact) mass is 1750 g/mol. The van der Waals surface area contributed by atoms with E-state index >= 15 is 0 Å². The van der Waals surface area contributed by atoms with Crippen molar-refractivity contribution < 1.29 is 0 Å². The highest BCUT2D eigenvalue weighted by Gasteiger charge is 2.28. The van der Waals surface area contributed by atoms with E-state index in [0.717, 1.165) is 0 Å². The summed E-state index contributed by atoms with van der Waals surface area (Å²) in [6.07, 6.45) is 0. The van der Waals surface area contributed by atoms with Crippen molar-refractivity contribution >= 4 is 214 Å². The largest absolute Gasteiger partial charge is 0.308 e. The lowest BCUT2D eigenvalue weighted by atomic mass is 9.96. The Morgan fingerprint density at radius 2 is 0.410 bits per heavy atom. The van der Waals surface area contributed by atoms with Crippen LogP contribution in [0.5, 0.6) is 0 Å². The zero-order valence-electron chi connectivity index (χ0n) is 72.7. The fourth-order valence-electron chi connectivity index (χ4n) is 21.6. The summed E-state index contributed by atoms with van der Waals surface area (Å²) < 4.78 is 15.5. The van der Waals surface area contributed by atoms with Gasteiger partial charge in [-0.1, -0.05) is 376 Å². The van der Waals surface area contributed by atoms with Crippen molar-refractivity contribution in [3.8, 4) is 83.8 Å². The zero-order valence-corrected chi connectivity index (χ0v) is 75.1. The molecule has 0 unspecified atom stereocenters. The minimum Gasteiger partial charge on any atom is -0.308 e. The Hall–Kier alpha value is -16.6. The van der Waals surface area contributed by atoms with Gasteiger partial charge in [0.15, 0.2) is 0 Å². The molecule has 23 aromatic carbocycles. The molecular weight excluding hydrogens is 1680 g/mol. The summed E-state index contributed by atoms with van der Waals surface area (Å²) in [7, 11) is 0. The molecular formula is C128H79N3S3. The van der Waals surface area contributed by atoms with Gasteiger partial charge in [0.25, 0.3) is 0 Å². The predicted octanol–water partition coefficient (Wildman–Crippen LogP) is 37.2. The Balaban J connectivity index is 0.000000102. The molecule has 0 saturated heterocycles. The van der Waals surface area contributed by atoms with Gasteiger partial charge in [-0.25, -0.2) is 0 Å². The Bertz CT molecular complexity index is 9780. The van der Waals surface area contributed by atoms with Gasteiger partial charge in [-0.2, -0.15) is 0 Å². The number of para-hydroxylation sites is 1. The molecule has 134 heavy (non-hydrogen) atoms. The predicted molar refractivity (Wildman–Crippen MR) is 581 cm³/mol. The molecule has 0 aliphatic rings. The molecule has 0 aliphatic carbocycles. The zero-order chi connectivity index (χ0) is 88.0. The molecule has 624 valence electrons. The molecule has 29 aromatic rings. The summed E-state index contributed by atoms with van der Waals surface area (Å²) in [4.78, 5) is 0. The standard InChI is InChI=1S/2C44H27NS.C40H25NS/c1-3-12-28(13-4-1)31-22-24-39-36(26-31)41-34-19-9-10-20-35(34)42-37-27-32(29-14-5-2-6-15-29)23-25-40(37)46-44(42)43(41)45(39)38-21-11-17-30-16-7-8-18-33(30)38;1-3-11-28(12-4-1)32-20-23-39-37(26-32)41-35-17-9-10-18-36(35)42-38-27-33(29-13-5-2-6-14-29)21-24-40(38)46-44(42)43(41)45(39)34-22-19-30-15-7-8-16-31(30)25-34;1-4-12-26(13-5-1)28-20-22-35-33(24-28)37-31-18-10-11-19-32(31)38-34-25-29(27-14-6-2-7-15-27)21-23-36(34)42-40(38)39(37)41(35)30-16-8-3-9-17-30/h2*1-27H;1-25H. The Labute approximate surface area is 784 Å². The van der Waals surface area contributed by atoms with Gasteiger partial charge in [0.2, 0.25) is 0 Å². The second kappa shape index (κ2) is 31.6. The van der Waals surface area contributed by atoms with Crippen LogP contribution in [0.15, 0.2) is 479 Å². The molecule has 0 N–H and O–H groups in total. The van der Waals surface area contributed by atoms with Crippen LogP contribution in [-0.4, -0.2) is 13.7 Å². The first-order chi connectivity index (χ1) is 66.5. The number of hydrogen-bond donors (Lipinski definition) is 0. The number of thiophene rings is 3. The van der Waals surface area contributed by atoms with Crippen molar-refractivity contribution in [3.05, 3.63) is 479 Å². The summed E-state index contributed by atoms with van der Waals surface area (Å²) in [5.74, 6) is 0. The molecule has 6 heterocycles. The topological polar surface area (TPSA) is 14.8 Å². The molecule has 0 spiro atoms. The molecule has 3 nitrogen and oxygen atoms in total. The summed E-state index contributed by atoms with van der Waals surface area (Å²) in [5, 5.41) is 28.6. The van der Waals surface area contributed by atoms with Crippen LogP contribution in [0.25, 0.3) is 264 Å². The van der Waals surface area contributed by atoms with Gasteiger partial charge in [0, 0.05) is 95.5 Å². The average Bonchev–Trinajstić information content (AvgIpc) is 1.54. The van der Waals surface area contributed by atoms with Crippen LogP contribution in [-0.2, 0) is 0 Å². The second-order valence-electron chi connectivity index (χ2n) is 35.1. The lowest BCUT2D eigenvalue weighted by molar-refractivity contribution is 1.19. The van der Waals surface area contributed by atoms with Crippen LogP contribution < -0.4 is 0 Å². The smallest absolute Gasteiger partial charge is 0.0726 e. The first kappa shape index (κ1) is 77.4. The van der Waals surface area contributed by atoms with Gasteiger partial charge < -0.3 is 13.7 Å². The van der Waals surface area contributed by atoms with Crippen molar-refractivity contribution in [2.45, 2.75) is 0 Å². The van der Waals surface area contributed by atoms with Crippen LogP contribution in [0, 0.1) is 0 Å². The maximum absolute atomic E-state index is 2.55. The fraction of sp³-hybridized carbons (Fsp3) is 0. The normalized spacial score (nSPS) is 11.9. The van der Waals surface area contributed by atoms with Crippen molar-refractivity contribution in [2.75, 3.05) is 0 Å². The molecule has 0 bridgehead atoms. The molecule has 6 aromatic heterocycles. The van der Waals surface area contributed by atoms with Crippen LogP contribution in [0.4, 0.5) is 0 Å². The van der Waals surface area contributed by atoms with E-state index in [1.54, 1.807) is 0 Å². The summed E-state index contributed by atoms with van der Waals surface area (Å²) >= 11 is 5.75. The summed E-state index contributed by atoms with van der Waals surface area (Å²) in [6.45, 7) is 0. The van der Waals surface area contributed by atoms with Crippen LogP contribution in [0.1, 0.15) is 0 Å². The fourth-order valence-corrected chi connectivity index (χ4v) is 25.3. The number of benzene rings is 23. The minimum absolute atomic E-state index is 1.18. The maximum atomic E-state index is 2.55. The molecule has 0 amide bonds. The molecule has 6 heteroatoms. The number of rotatable bonds is 9. The van der Waals surface area contributed by atoms with Gasteiger partial charge in [0.1, 0.15) is 0 Å². The van der Waals surface area contributed by atoms with Gasteiger partial charge in [-0.15, -0.1) is 34.0 Å². The second-order valence-corrected chi connectivity index (χ2v) is 38.3. The molecule has 29 rings (SSSR count). The van der Waals surface area contributed by atoms with E-state index in [-0.39, 0.29) is 0 Å². The van der Waals surface area contributed by atoms with E-state index < -0.39 is 0 Å². The van der Waals surface area contributed by atoms with Crippen molar-refractivity contribution in [1.82, 2.24) is 13.7 Å². The Kier molecular flexibility index (Phi) is 18.3. The van der Waals surface area contributed by atoms with E-state index in [2.05, 4.69) is 493 Å². The summed E-state index contributed by atoms with van der Waals surface area (Å²) in [6, 6.07) is 175. The van der Waals surface area contributed by atoms with Gasteiger partial charge >= 0.3 is 0 Å². The number of aromatic nitrogens is 3. The van der Waals surface area contributed by atoms with E-state index in [1.165, 1.54) is 264 Å². The molecule has 0 aliphatic heterocycles. The highest BCUT2D eigenvalue weighted by molar-refractivity contribution is 7.28. The third-order valence-electron chi connectivity index (χ3n) is 27.7. The van der Waals surface area contributed by atoms with Crippen LogP contribution in [0.3, 0.4) is 0 Å². The van der Waals surface area contributed by atoms with Crippen LogP contribution in [0.2, 0.25) is 0 Å². The van der Waals surface area contributed by atoms with Crippen LogP contribution >= 0.6 is 34.0 Å². The third-order valence-corrected chi connectivity index (χ3v) is 31.2. The summed E-state index contributed by atoms with van der Waals surface area (Å²) in [5.41, 5.74) is 26.0. The van der Waals surface area contributed by atoms with Gasteiger partial charge in [-0.05, 0) is 218 Å². The quantitative estimate of drug-likeness (QED) is 0.137. The molecule has 0 saturated carbocycles. The first-order valence-corrected chi connectivity index (χ1v) is 48.4. The lowest BCUT2D eigenvalue weighted by Gasteiger charge is -2.13. The SMILES string of the molecule is c1ccc(-c2ccc3sc4c(c3c2)c2ccccc2c2c3cc(-c5ccccc5)ccc3n(-c3ccc5ccccc5c3)c42)cc1.c1ccc(-c2ccc3sc4c(c3c2)c2ccccc2c2c3cc(-c5ccccc5)ccc3n(-c3cccc5ccccc35)c42)cc1.c1ccc(-c2ccc3sc4c(c3c2)c2ccccc2c2c3cc(-c5ccccc5)ccc3n(-c3ccccc3)c42)cc1. The maximum Gasteiger partial charge on any atom is 0.0726 e. The van der Waals surface area contributed by atoms with Crippen molar-refractivity contribution in [1.29, 1.82) is 0 Å². The third kappa shape index (κ3) is 12.5. The Morgan fingerprint density at radius 1 is 0.142 bits per heavy atom. The Morgan fingerprint density at radius 3 is 0.776 bits per heavy atom. The van der Waals surface area contributed by atoms with Gasteiger partial charge in [-0.3, -0.25) is 0 Å².